The van der Waals surface area contributed by atoms with E-state index < -0.39 is 18.6 Å². The second-order valence-corrected chi connectivity index (χ2v) is 6.41. The summed E-state index contributed by atoms with van der Waals surface area (Å²) in [4.78, 5) is 4.25. The minimum atomic E-state index is -4.15. The number of nitrogens with one attached hydrogen (secondary N) is 1. The van der Waals surface area contributed by atoms with Crippen molar-refractivity contribution in [1.82, 2.24) is 10.2 Å². The van der Waals surface area contributed by atoms with Crippen LogP contribution in [0.1, 0.15) is 30.9 Å². The van der Waals surface area contributed by atoms with Crippen LogP contribution >= 0.6 is 0 Å². The largest absolute Gasteiger partial charge is 0.390 e. The zero-order valence-electron chi connectivity index (χ0n) is 13.3. The molecule has 0 aromatic heterocycles. The van der Waals surface area contributed by atoms with E-state index in [-0.39, 0.29) is 0 Å². The van der Waals surface area contributed by atoms with Crippen LogP contribution in [0, 0.1) is 0 Å². The van der Waals surface area contributed by atoms with Gasteiger partial charge in [-0.2, -0.15) is 13.2 Å². The third-order valence-electron chi connectivity index (χ3n) is 4.77. The summed E-state index contributed by atoms with van der Waals surface area (Å²) in [6.45, 7) is 4.91. The summed E-state index contributed by atoms with van der Waals surface area (Å²) in [6, 6.07) is 7.14. The molecule has 3 nitrogen and oxygen atoms in total. The molecule has 0 bridgehead atoms. The van der Waals surface area contributed by atoms with Crippen molar-refractivity contribution >= 4 is 5.69 Å². The average molecular weight is 327 g/mol. The van der Waals surface area contributed by atoms with Crippen molar-refractivity contribution in [3.63, 3.8) is 0 Å². The second kappa shape index (κ2) is 7.09. The maximum Gasteiger partial charge on any atom is 0.390 e. The molecule has 1 N–H and O–H groups in total. The molecule has 1 atom stereocenters. The summed E-state index contributed by atoms with van der Waals surface area (Å²) in [7, 11) is 0. The number of piperazine rings is 1. The minimum Gasteiger partial charge on any atom is -0.372 e. The van der Waals surface area contributed by atoms with Crippen LogP contribution < -0.4 is 10.2 Å². The van der Waals surface area contributed by atoms with E-state index >= 15 is 0 Å². The molecule has 6 heteroatoms. The Morgan fingerprint density at radius 3 is 2.13 bits per heavy atom. The van der Waals surface area contributed by atoms with Crippen LogP contribution in [0.3, 0.4) is 0 Å². The standard InChI is InChI=1S/C17H24F3N3/c18-17(19,20)13-16(23-11-7-21-8-12-23)14-3-5-15(6-4-14)22-9-1-2-10-22/h3-6,16,21H,1-2,7-13H2/t16-/m0/s1. The zero-order valence-corrected chi connectivity index (χ0v) is 13.3. The van der Waals surface area contributed by atoms with Gasteiger partial charge in [0.15, 0.2) is 0 Å². The lowest BCUT2D eigenvalue weighted by atomic mass is 10.0. The van der Waals surface area contributed by atoms with Gasteiger partial charge in [0.1, 0.15) is 0 Å². The van der Waals surface area contributed by atoms with Crippen molar-refractivity contribution in [3.05, 3.63) is 29.8 Å². The summed E-state index contributed by atoms with van der Waals surface area (Å²) < 4.78 is 39.1. The molecule has 0 spiro atoms. The van der Waals surface area contributed by atoms with Crippen molar-refractivity contribution in [1.29, 1.82) is 0 Å². The van der Waals surface area contributed by atoms with Gasteiger partial charge in [0.2, 0.25) is 0 Å². The number of hydrogen-bond donors (Lipinski definition) is 1. The second-order valence-electron chi connectivity index (χ2n) is 6.41. The molecule has 0 amide bonds. The molecule has 1 aromatic carbocycles. The van der Waals surface area contributed by atoms with Crippen LogP contribution in [-0.2, 0) is 0 Å². The fraction of sp³-hybridized carbons (Fsp3) is 0.647. The van der Waals surface area contributed by atoms with Crippen molar-refractivity contribution in [3.8, 4) is 0 Å². The monoisotopic (exact) mass is 327 g/mol. The summed E-state index contributed by atoms with van der Waals surface area (Å²) in [5.74, 6) is 0. The van der Waals surface area contributed by atoms with Gasteiger partial charge >= 0.3 is 6.18 Å². The molecule has 2 heterocycles. The van der Waals surface area contributed by atoms with E-state index in [1.807, 2.05) is 29.2 Å². The Balaban J connectivity index is 1.77. The van der Waals surface area contributed by atoms with Crippen molar-refractivity contribution in [2.24, 2.45) is 0 Å². The van der Waals surface area contributed by atoms with Gasteiger partial charge in [-0.3, -0.25) is 4.90 Å². The smallest absolute Gasteiger partial charge is 0.372 e. The van der Waals surface area contributed by atoms with Gasteiger partial charge in [-0.15, -0.1) is 0 Å². The number of benzene rings is 1. The first-order valence-electron chi connectivity index (χ1n) is 8.39. The third-order valence-corrected chi connectivity index (χ3v) is 4.77. The Morgan fingerprint density at radius 1 is 0.957 bits per heavy atom. The molecule has 0 aliphatic carbocycles. The van der Waals surface area contributed by atoms with Gasteiger partial charge in [0.05, 0.1) is 6.42 Å². The molecule has 2 saturated heterocycles. The summed E-state index contributed by atoms with van der Waals surface area (Å²) >= 11 is 0. The highest BCUT2D eigenvalue weighted by Gasteiger charge is 2.35. The van der Waals surface area contributed by atoms with Crippen LogP contribution in [0.5, 0.6) is 0 Å². The number of rotatable bonds is 4. The number of hydrogen-bond acceptors (Lipinski definition) is 3. The van der Waals surface area contributed by atoms with Crippen LogP contribution in [-0.4, -0.2) is 50.3 Å². The van der Waals surface area contributed by atoms with Gasteiger partial charge in [-0.1, -0.05) is 12.1 Å². The lowest BCUT2D eigenvalue weighted by Gasteiger charge is -2.35. The molecule has 2 aliphatic heterocycles. The van der Waals surface area contributed by atoms with Gasteiger partial charge in [-0.05, 0) is 30.5 Å². The van der Waals surface area contributed by atoms with Crippen LogP contribution in [0.25, 0.3) is 0 Å². The molecule has 1 aromatic rings. The molecule has 23 heavy (non-hydrogen) atoms. The van der Waals surface area contributed by atoms with Gasteiger partial charge in [0.25, 0.3) is 0 Å². The van der Waals surface area contributed by atoms with E-state index in [2.05, 4.69) is 10.2 Å². The predicted octanol–water partition coefficient (Wildman–Crippen LogP) is 3.19. The van der Waals surface area contributed by atoms with Gasteiger partial charge in [0, 0.05) is 51.0 Å². The topological polar surface area (TPSA) is 18.5 Å². The normalized spacial score (nSPS) is 21.6. The first kappa shape index (κ1) is 16.6. The van der Waals surface area contributed by atoms with Crippen LogP contribution in [0.2, 0.25) is 0 Å². The van der Waals surface area contributed by atoms with Crippen molar-refractivity contribution in [2.45, 2.75) is 31.5 Å². The molecule has 3 rings (SSSR count). The molecule has 0 saturated carbocycles. The minimum absolute atomic E-state index is 0.579. The highest BCUT2D eigenvalue weighted by atomic mass is 19.4. The van der Waals surface area contributed by atoms with E-state index in [4.69, 9.17) is 0 Å². The first-order valence-corrected chi connectivity index (χ1v) is 8.39. The van der Waals surface area contributed by atoms with E-state index in [9.17, 15) is 13.2 Å². The van der Waals surface area contributed by atoms with Crippen LogP contribution in [0.4, 0.5) is 18.9 Å². The predicted molar refractivity (Wildman–Crippen MR) is 85.7 cm³/mol. The number of anilines is 1. The number of halogens is 3. The number of alkyl halides is 3. The number of nitrogens with zero attached hydrogens (tertiary/aromatic N) is 2. The fourth-order valence-corrected chi connectivity index (χ4v) is 3.55. The lowest BCUT2D eigenvalue weighted by molar-refractivity contribution is -0.148. The Kier molecular flexibility index (Phi) is 5.11. The first-order chi connectivity index (χ1) is 11.0. The highest BCUT2D eigenvalue weighted by molar-refractivity contribution is 5.48. The maximum absolute atomic E-state index is 13.0. The van der Waals surface area contributed by atoms with Crippen molar-refractivity contribution in [2.75, 3.05) is 44.2 Å². The van der Waals surface area contributed by atoms with Gasteiger partial charge in [-0.25, -0.2) is 0 Å². The molecule has 2 fully saturated rings. The summed E-state index contributed by atoms with van der Waals surface area (Å²) in [5.41, 5.74) is 1.89. The molecular weight excluding hydrogens is 303 g/mol. The Morgan fingerprint density at radius 2 is 1.57 bits per heavy atom. The van der Waals surface area contributed by atoms with Crippen molar-refractivity contribution < 1.29 is 13.2 Å². The molecule has 0 radical (unpaired) electrons. The highest BCUT2D eigenvalue weighted by Crippen LogP contribution is 2.35. The quantitative estimate of drug-likeness (QED) is 0.916. The lowest BCUT2D eigenvalue weighted by Crippen LogP contribution is -2.46. The van der Waals surface area contributed by atoms with E-state index in [0.29, 0.717) is 13.1 Å². The Bertz CT molecular complexity index is 489. The van der Waals surface area contributed by atoms with E-state index in [0.717, 1.165) is 37.4 Å². The SMILES string of the molecule is FC(F)(F)C[C@@H](c1ccc(N2CCCC2)cc1)N1CCNCC1. The van der Waals surface area contributed by atoms with Crippen LogP contribution in [0.15, 0.2) is 24.3 Å². The molecule has 128 valence electrons. The summed E-state index contributed by atoms with van der Waals surface area (Å²) in [6.07, 6.45) is -2.54. The molecule has 2 aliphatic rings. The van der Waals surface area contributed by atoms with E-state index in [1.165, 1.54) is 12.8 Å². The summed E-state index contributed by atoms with van der Waals surface area (Å²) in [5, 5.41) is 3.20. The third kappa shape index (κ3) is 4.38. The van der Waals surface area contributed by atoms with E-state index in [1.54, 1.807) is 0 Å². The van der Waals surface area contributed by atoms with Gasteiger partial charge < -0.3 is 10.2 Å². The Hall–Kier alpha value is -1.27. The molecular formula is C17H24F3N3. The maximum atomic E-state index is 13.0. The zero-order chi connectivity index (χ0) is 16.3. The Labute approximate surface area is 135 Å². The molecule has 0 unspecified atom stereocenters. The fourth-order valence-electron chi connectivity index (χ4n) is 3.55. The average Bonchev–Trinajstić information content (AvgIpc) is 3.07.